The van der Waals surface area contributed by atoms with Crippen molar-refractivity contribution in [3.8, 4) is 0 Å². The molecule has 2 aliphatic rings. The summed E-state index contributed by atoms with van der Waals surface area (Å²) in [5.41, 5.74) is 1.67. The van der Waals surface area contributed by atoms with Crippen molar-refractivity contribution in [1.82, 2.24) is 0 Å². The summed E-state index contributed by atoms with van der Waals surface area (Å²) in [6, 6.07) is 6.21. The summed E-state index contributed by atoms with van der Waals surface area (Å²) in [6.45, 7) is 7.12. The van der Waals surface area contributed by atoms with Crippen LogP contribution >= 0.6 is 23.4 Å². The van der Waals surface area contributed by atoms with Crippen LogP contribution in [0.1, 0.15) is 46.5 Å². The van der Waals surface area contributed by atoms with Gasteiger partial charge in [0.15, 0.2) is 0 Å². The van der Waals surface area contributed by atoms with Crippen LogP contribution in [0.3, 0.4) is 0 Å². The quantitative estimate of drug-likeness (QED) is 0.650. The minimum absolute atomic E-state index is 0.231. The molecule has 3 heteroatoms. The summed E-state index contributed by atoms with van der Waals surface area (Å²) < 4.78 is 0. The maximum absolute atomic E-state index is 6.08. The minimum Gasteiger partial charge on any atom is -0.369 e. The van der Waals surface area contributed by atoms with Crippen LogP contribution in [0.4, 0.5) is 5.69 Å². The van der Waals surface area contributed by atoms with Gasteiger partial charge in [0.05, 0.1) is 10.6 Å². The van der Waals surface area contributed by atoms with Crippen LogP contribution in [-0.2, 0) is 0 Å². The molecule has 1 heterocycles. The Morgan fingerprint density at radius 2 is 1.95 bits per heavy atom. The summed E-state index contributed by atoms with van der Waals surface area (Å²) in [4.78, 5) is 1.59. The molecule has 1 fully saturated rings. The lowest BCUT2D eigenvalue weighted by Crippen LogP contribution is -2.38. The Labute approximate surface area is 125 Å². The zero-order valence-electron chi connectivity index (χ0n) is 11.9. The predicted octanol–water partition coefficient (Wildman–Crippen LogP) is 5.79. The van der Waals surface area contributed by atoms with E-state index in [-0.39, 0.29) is 4.87 Å². The van der Waals surface area contributed by atoms with Gasteiger partial charge in [-0.15, -0.1) is 0 Å². The molecule has 0 bridgehead atoms. The van der Waals surface area contributed by atoms with Gasteiger partial charge in [0.2, 0.25) is 0 Å². The fourth-order valence-corrected chi connectivity index (χ4v) is 4.90. The molecule has 0 radical (unpaired) electrons. The van der Waals surface area contributed by atoms with E-state index < -0.39 is 0 Å². The number of anilines is 1. The molecule has 104 valence electrons. The van der Waals surface area contributed by atoms with E-state index in [1.165, 1.54) is 36.3 Å². The molecular formula is C16H22ClNS. The highest BCUT2D eigenvalue weighted by Gasteiger charge is 2.43. The van der Waals surface area contributed by atoms with Crippen molar-refractivity contribution in [3.63, 3.8) is 0 Å². The molecule has 1 N–H and O–H groups in total. The molecule has 19 heavy (non-hydrogen) atoms. The van der Waals surface area contributed by atoms with Gasteiger partial charge in [-0.25, -0.2) is 0 Å². The number of thioether (sulfide) groups is 1. The third-order valence-electron chi connectivity index (χ3n) is 4.63. The molecular weight excluding hydrogens is 274 g/mol. The normalized spacial score (nSPS) is 30.2. The third-order valence-corrected chi connectivity index (χ3v) is 6.34. The van der Waals surface area contributed by atoms with Crippen molar-refractivity contribution in [2.24, 2.45) is 11.3 Å². The Hall–Kier alpha value is -0.340. The van der Waals surface area contributed by atoms with Crippen LogP contribution in [0.5, 0.6) is 0 Å². The van der Waals surface area contributed by atoms with E-state index in [4.69, 9.17) is 11.6 Å². The van der Waals surface area contributed by atoms with Gasteiger partial charge in [-0.3, -0.25) is 0 Å². The van der Waals surface area contributed by atoms with Crippen LogP contribution < -0.4 is 5.32 Å². The zero-order chi connectivity index (χ0) is 13.7. The molecule has 0 atom stereocenters. The van der Waals surface area contributed by atoms with Crippen molar-refractivity contribution in [3.05, 3.63) is 23.2 Å². The summed E-state index contributed by atoms with van der Waals surface area (Å²) in [5, 5.41) is 4.57. The lowest BCUT2D eigenvalue weighted by molar-refractivity contribution is 0.167. The summed E-state index contributed by atoms with van der Waals surface area (Å²) >= 11 is 8.10. The second-order valence-electron chi connectivity index (χ2n) is 7.00. The van der Waals surface area contributed by atoms with Crippen LogP contribution in [0.15, 0.2) is 23.1 Å². The minimum atomic E-state index is 0.231. The number of benzene rings is 1. The lowest BCUT2D eigenvalue weighted by Gasteiger charge is -2.42. The second-order valence-corrected chi connectivity index (χ2v) is 8.86. The van der Waals surface area contributed by atoms with Crippen molar-refractivity contribution < 1.29 is 0 Å². The number of fused-ring (bicyclic) bond motifs is 1. The highest BCUT2D eigenvalue weighted by molar-refractivity contribution is 8.01. The SMILES string of the molecule is CC(C)(C)C1CCC2(CC1)Nc1cc(Cl)ccc1S2. The van der Waals surface area contributed by atoms with Gasteiger partial charge in [-0.1, -0.05) is 44.1 Å². The van der Waals surface area contributed by atoms with Gasteiger partial charge in [-0.05, 0) is 55.2 Å². The van der Waals surface area contributed by atoms with E-state index >= 15 is 0 Å². The van der Waals surface area contributed by atoms with Gasteiger partial charge < -0.3 is 5.32 Å². The maximum atomic E-state index is 6.08. The smallest absolute Gasteiger partial charge is 0.0881 e. The standard InChI is InChI=1S/C16H22ClNS/c1-15(2,3)11-6-8-16(9-7-11)18-13-10-12(17)4-5-14(13)19-16/h4-5,10-11,18H,6-9H2,1-3H3. The van der Waals surface area contributed by atoms with Crippen molar-refractivity contribution in [2.45, 2.75) is 56.2 Å². The number of nitrogens with one attached hydrogen (secondary N) is 1. The highest BCUT2D eigenvalue weighted by Crippen LogP contribution is 2.54. The van der Waals surface area contributed by atoms with Crippen molar-refractivity contribution >= 4 is 29.1 Å². The van der Waals surface area contributed by atoms with Crippen molar-refractivity contribution in [2.75, 3.05) is 5.32 Å². The largest absolute Gasteiger partial charge is 0.369 e. The molecule has 1 aliphatic carbocycles. The number of hydrogen-bond donors (Lipinski definition) is 1. The van der Waals surface area contributed by atoms with Crippen LogP contribution in [0.2, 0.25) is 5.02 Å². The first kappa shape index (κ1) is 13.6. The van der Waals surface area contributed by atoms with E-state index in [1.54, 1.807) is 0 Å². The van der Waals surface area contributed by atoms with E-state index in [1.807, 2.05) is 17.8 Å². The lowest BCUT2D eigenvalue weighted by atomic mass is 9.71. The van der Waals surface area contributed by atoms with E-state index in [2.05, 4.69) is 38.2 Å². The molecule has 1 aromatic carbocycles. The summed E-state index contributed by atoms with van der Waals surface area (Å²) in [6.07, 6.45) is 5.16. The molecule has 1 spiro atoms. The summed E-state index contributed by atoms with van der Waals surface area (Å²) in [7, 11) is 0. The first-order valence-corrected chi connectivity index (χ1v) is 8.34. The third kappa shape index (κ3) is 2.62. The van der Waals surface area contributed by atoms with Gasteiger partial charge >= 0.3 is 0 Å². The Kier molecular flexibility index (Phi) is 3.30. The first-order chi connectivity index (χ1) is 8.88. The Morgan fingerprint density at radius 1 is 1.26 bits per heavy atom. The van der Waals surface area contributed by atoms with Gasteiger partial charge in [0.1, 0.15) is 0 Å². The zero-order valence-corrected chi connectivity index (χ0v) is 13.5. The van der Waals surface area contributed by atoms with Crippen LogP contribution in [0.25, 0.3) is 0 Å². The van der Waals surface area contributed by atoms with Crippen LogP contribution in [-0.4, -0.2) is 4.87 Å². The summed E-state index contributed by atoms with van der Waals surface area (Å²) in [5.74, 6) is 0.854. The maximum Gasteiger partial charge on any atom is 0.0881 e. The molecule has 1 nitrogen and oxygen atoms in total. The molecule has 0 aromatic heterocycles. The molecule has 1 saturated carbocycles. The molecule has 3 rings (SSSR count). The Morgan fingerprint density at radius 3 is 2.58 bits per heavy atom. The van der Waals surface area contributed by atoms with Gasteiger partial charge in [0.25, 0.3) is 0 Å². The second kappa shape index (κ2) is 4.60. The topological polar surface area (TPSA) is 12.0 Å². The first-order valence-electron chi connectivity index (χ1n) is 7.15. The van der Waals surface area contributed by atoms with Crippen LogP contribution in [0, 0.1) is 11.3 Å². The molecule has 0 amide bonds. The monoisotopic (exact) mass is 295 g/mol. The molecule has 0 saturated heterocycles. The van der Waals surface area contributed by atoms with Gasteiger partial charge in [-0.2, -0.15) is 0 Å². The van der Waals surface area contributed by atoms with E-state index in [9.17, 15) is 0 Å². The van der Waals surface area contributed by atoms with E-state index in [0.29, 0.717) is 5.41 Å². The van der Waals surface area contributed by atoms with Gasteiger partial charge in [0, 0.05) is 9.92 Å². The molecule has 1 aliphatic heterocycles. The Bertz CT molecular complexity index is 484. The molecule has 0 unspecified atom stereocenters. The average molecular weight is 296 g/mol. The van der Waals surface area contributed by atoms with Crippen molar-refractivity contribution in [1.29, 1.82) is 0 Å². The fraction of sp³-hybridized carbons (Fsp3) is 0.625. The predicted molar refractivity (Wildman–Crippen MR) is 85.1 cm³/mol. The number of hydrogen-bond acceptors (Lipinski definition) is 2. The number of halogens is 1. The average Bonchev–Trinajstić information content (AvgIpc) is 2.65. The van der Waals surface area contributed by atoms with E-state index in [0.717, 1.165) is 10.9 Å². The Balaban J connectivity index is 1.73. The number of rotatable bonds is 0. The highest BCUT2D eigenvalue weighted by atomic mass is 35.5. The molecule has 1 aromatic rings. The fourth-order valence-electron chi connectivity index (χ4n) is 3.35.